The van der Waals surface area contributed by atoms with E-state index < -0.39 is 14.1 Å². The van der Waals surface area contributed by atoms with Crippen molar-refractivity contribution in [2.45, 2.75) is 20.1 Å². The normalized spacial score (nSPS) is 16.6. The van der Waals surface area contributed by atoms with Crippen LogP contribution in [0, 0.1) is 0 Å². The summed E-state index contributed by atoms with van der Waals surface area (Å²) in [6.45, 7) is 3.13. The van der Waals surface area contributed by atoms with E-state index in [0.717, 1.165) is 0 Å². The second-order valence-electron chi connectivity index (χ2n) is 1.98. The molecular formula is C5H11O5P. The predicted molar refractivity (Wildman–Crippen MR) is 38.6 cm³/mol. The fourth-order valence-corrected chi connectivity index (χ4v) is 0.782. The third kappa shape index (κ3) is 5.12. The van der Waals surface area contributed by atoms with Gasteiger partial charge in [0.25, 0.3) is 0 Å². The highest BCUT2D eigenvalue weighted by atomic mass is 31.2. The first kappa shape index (κ1) is 10.8. The molecule has 0 fully saturated rings. The van der Waals surface area contributed by atoms with E-state index in [4.69, 9.17) is 14.9 Å². The van der Waals surface area contributed by atoms with Gasteiger partial charge < -0.3 is 14.9 Å². The zero-order chi connectivity index (χ0) is 9.07. The van der Waals surface area contributed by atoms with Crippen LogP contribution in [0.25, 0.3) is 0 Å². The summed E-state index contributed by atoms with van der Waals surface area (Å²) in [6.07, 6.45) is -0.0267. The van der Waals surface area contributed by atoms with E-state index in [1.165, 1.54) is 13.0 Å². The van der Waals surface area contributed by atoms with E-state index in [1.807, 2.05) is 0 Å². The lowest BCUT2D eigenvalue weighted by Crippen LogP contribution is -2.11. The molecule has 0 aliphatic heterocycles. The summed E-state index contributed by atoms with van der Waals surface area (Å²) in [5, 5.41) is 8.87. The highest BCUT2D eigenvalue weighted by Gasteiger charge is 2.20. The van der Waals surface area contributed by atoms with E-state index in [-0.39, 0.29) is 0 Å². The van der Waals surface area contributed by atoms with Gasteiger partial charge in [0.1, 0.15) is 0 Å². The van der Waals surface area contributed by atoms with Crippen molar-refractivity contribution in [2.75, 3.05) is 0 Å². The standard InChI is InChI=1S/C5H11O5P/c1-3-4(2)5(6)10-11(7,8)9/h3,5-6H,1-2H3,(H2,7,8,9)/b4-3-. The van der Waals surface area contributed by atoms with Gasteiger partial charge in [-0.2, -0.15) is 0 Å². The highest BCUT2D eigenvalue weighted by molar-refractivity contribution is 7.46. The average molecular weight is 182 g/mol. The van der Waals surface area contributed by atoms with Gasteiger partial charge in [0.2, 0.25) is 0 Å². The predicted octanol–water partition coefficient (Wildman–Crippen LogP) is 0.380. The summed E-state index contributed by atoms with van der Waals surface area (Å²) in [6, 6.07) is 0. The molecule has 0 spiro atoms. The van der Waals surface area contributed by atoms with Gasteiger partial charge in [-0.1, -0.05) is 6.08 Å². The molecule has 0 saturated heterocycles. The molecule has 11 heavy (non-hydrogen) atoms. The van der Waals surface area contributed by atoms with Crippen LogP contribution >= 0.6 is 7.82 Å². The van der Waals surface area contributed by atoms with Crippen molar-refractivity contribution in [2.24, 2.45) is 0 Å². The first-order chi connectivity index (χ1) is 4.87. The third-order valence-electron chi connectivity index (χ3n) is 1.08. The van der Waals surface area contributed by atoms with Crippen LogP contribution in [-0.2, 0) is 9.09 Å². The maximum absolute atomic E-state index is 10.1. The molecule has 0 heterocycles. The molecule has 1 atom stereocenters. The van der Waals surface area contributed by atoms with Crippen LogP contribution in [-0.4, -0.2) is 21.2 Å². The van der Waals surface area contributed by atoms with Crippen molar-refractivity contribution in [3.05, 3.63) is 11.6 Å². The van der Waals surface area contributed by atoms with Gasteiger partial charge >= 0.3 is 7.82 Å². The number of allylic oxidation sites excluding steroid dienone is 1. The van der Waals surface area contributed by atoms with Crippen LogP contribution in [0.2, 0.25) is 0 Å². The molecule has 5 nitrogen and oxygen atoms in total. The summed E-state index contributed by atoms with van der Waals surface area (Å²) >= 11 is 0. The molecule has 0 aromatic heterocycles. The van der Waals surface area contributed by atoms with Crippen molar-refractivity contribution >= 4 is 7.82 Å². The lowest BCUT2D eigenvalue weighted by atomic mass is 10.3. The van der Waals surface area contributed by atoms with Gasteiger partial charge in [-0.15, -0.1) is 0 Å². The lowest BCUT2D eigenvalue weighted by Gasteiger charge is -2.11. The molecule has 66 valence electrons. The Hall–Kier alpha value is -0.190. The monoisotopic (exact) mass is 182 g/mol. The first-order valence-corrected chi connectivity index (χ1v) is 4.44. The SMILES string of the molecule is C/C=C(/C)C(O)OP(=O)(O)O. The molecule has 1 unspecified atom stereocenters. The Labute approximate surface area is 64.6 Å². The minimum Gasteiger partial charge on any atom is -0.364 e. The van der Waals surface area contributed by atoms with Crippen molar-refractivity contribution in [3.63, 3.8) is 0 Å². The fourth-order valence-electron chi connectivity index (χ4n) is 0.356. The Balaban J connectivity index is 4.09. The van der Waals surface area contributed by atoms with Gasteiger partial charge in [0.15, 0.2) is 6.29 Å². The Morgan fingerprint density at radius 1 is 1.64 bits per heavy atom. The molecule has 0 aliphatic rings. The minimum atomic E-state index is -4.58. The zero-order valence-corrected chi connectivity index (χ0v) is 7.15. The average Bonchev–Trinajstić information content (AvgIpc) is 1.82. The van der Waals surface area contributed by atoms with Gasteiger partial charge in [0, 0.05) is 0 Å². The van der Waals surface area contributed by atoms with Crippen LogP contribution in [0.1, 0.15) is 13.8 Å². The number of aliphatic hydroxyl groups excluding tert-OH is 1. The van der Waals surface area contributed by atoms with Crippen molar-refractivity contribution < 1.29 is 24.0 Å². The second kappa shape index (κ2) is 3.99. The minimum absolute atomic E-state index is 0.355. The second-order valence-corrected chi connectivity index (χ2v) is 3.17. The van der Waals surface area contributed by atoms with E-state index in [1.54, 1.807) is 6.92 Å². The number of hydrogen-bond donors (Lipinski definition) is 3. The summed E-state index contributed by atoms with van der Waals surface area (Å²) < 4.78 is 14.1. The number of aliphatic hydroxyl groups is 1. The molecular weight excluding hydrogens is 171 g/mol. The number of hydrogen-bond acceptors (Lipinski definition) is 3. The molecule has 0 aromatic carbocycles. The summed E-state index contributed by atoms with van der Waals surface area (Å²) in [4.78, 5) is 16.5. The third-order valence-corrected chi connectivity index (χ3v) is 1.56. The molecule has 0 bridgehead atoms. The van der Waals surface area contributed by atoms with E-state index in [2.05, 4.69) is 4.52 Å². The van der Waals surface area contributed by atoms with Crippen LogP contribution in [0.4, 0.5) is 0 Å². The Bertz CT molecular complexity index is 193. The van der Waals surface area contributed by atoms with Crippen LogP contribution in [0.5, 0.6) is 0 Å². The van der Waals surface area contributed by atoms with Crippen LogP contribution < -0.4 is 0 Å². The molecule has 0 saturated carbocycles. The Morgan fingerprint density at radius 2 is 2.09 bits per heavy atom. The number of rotatable bonds is 3. The summed E-state index contributed by atoms with van der Waals surface area (Å²) in [7, 11) is -4.58. The molecule has 0 rings (SSSR count). The number of phosphoric acid groups is 1. The van der Waals surface area contributed by atoms with Crippen molar-refractivity contribution in [1.82, 2.24) is 0 Å². The maximum Gasteiger partial charge on any atom is 0.472 e. The van der Waals surface area contributed by atoms with Crippen LogP contribution in [0.15, 0.2) is 11.6 Å². The molecule has 0 aliphatic carbocycles. The van der Waals surface area contributed by atoms with E-state index in [0.29, 0.717) is 5.57 Å². The molecule has 0 amide bonds. The highest BCUT2D eigenvalue weighted by Crippen LogP contribution is 2.38. The van der Waals surface area contributed by atoms with Gasteiger partial charge in [-0.05, 0) is 19.4 Å². The number of phosphoric ester groups is 1. The summed E-state index contributed by atoms with van der Waals surface area (Å²) in [5.74, 6) is 0. The largest absolute Gasteiger partial charge is 0.472 e. The Kier molecular flexibility index (Phi) is 3.92. The smallest absolute Gasteiger partial charge is 0.364 e. The molecule has 6 heteroatoms. The molecule has 0 radical (unpaired) electrons. The van der Waals surface area contributed by atoms with Gasteiger partial charge in [-0.3, -0.25) is 4.52 Å². The van der Waals surface area contributed by atoms with Crippen molar-refractivity contribution in [3.8, 4) is 0 Å². The van der Waals surface area contributed by atoms with E-state index in [9.17, 15) is 4.57 Å². The van der Waals surface area contributed by atoms with Gasteiger partial charge in [0.05, 0.1) is 0 Å². The summed E-state index contributed by atoms with van der Waals surface area (Å²) in [5.41, 5.74) is 0.355. The van der Waals surface area contributed by atoms with E-state index >= 15 is 0 Å². The zero-order valence-electron chi connectivity index (χ0n) is 6.26. The first-order valence-electron chi connectivity index (χ1n) is 2.91. The fraction of sp³-hybridized carbons (Fsp3) is 0.600. The van der Waals surface area contributed by atoms with Crippen molar-refractivity contribution in [1.29, 1.82) is 0 Å². The topological polar surface area (TPSA) is 87.0 Å². The van der Waals surface area contributed by atoms with Crippen LogP contribution in [0.3, 0.4) is 0 Å². The molecule has 3 N–H and O–H groups in total. The van der Waals surface area contributed by atoms with Gasteiger partial charge in [-0.25, -0.2) is 4.57 Å². The Morgan fingerprint density at radius 3 is 2.36 bits per heavy atom. The lowest BCUT2D eigenvalue weighted by molar-refractivity contribution is -0.00745. The quantitative estimate of drug-likeness (QED) is 0.333. The maximum atomic E-state index is 10.1. The molecule has 0 aromatic rings.